The van der Waals surface area contributed by atoms with Gasteiger partial charge < -0.3 is 15.5 Å². The molecule has 1 fully saturated rings. The van der Waals surface area contributed by atoms with Crippen LogP contribution < -0.4 is 15.5 Å². The lowest BCUT2D eigenvalue weighted by atomic mass is 9.99. The Morgan fingerprint density at radius 1 is 1.11 bits per heavy atom. The number of benzene rings is 1. The van der Waals surface area contributed by atoms with Crippen LogP contribution in [0.25, 0.3) is 0 Å². The maximum Gasteiger partial charge on any atom is 0.274 e. The van der Waals surface area contributed by atoms with Gasteiger partial charge in [0.2, 0.25) is 0 Å². The molecular weight excluding hydrogens is 350 g/mol. The second-order valence-corrected chi connectivity index (χ2v) is 8.73. The van der Waals surface area contributed by atoms with Crippen molar-refractivity contribution in [2.24, 2.45) is 5.92 Å². The van der Waals surface area contributed by atoms with E-state index in [9.17, 15) is 4.79 Å². The van der Waals surface area contributed by atoms with Crippen molar-refractivity contribution >= 4 is 23.1 Å². The highest BCUT2D eigenvalue weighted by molar-refractivity contribution is 6.03. The van der Waals surface area contributed by atoms with Gasteiger partial charge in [-0.3, -0.25) is 4.79 Å². The van der Waals surface area contributed by atoms with Gasteiger partial charge in [-0.15, -0.1) is 0 Å². The van der Waals surface area contributed by atoms with Crippen molar-refractivity contribution in [3.63, 3.8) is 0 Å². The van der Waals surface area contributed by atoms with Crippen LogP contribution >= 0.6 is 0 Å². The minimum Gasteiger partial charge on any atom is -0.372 e. The first-order chi connectivity index (χ1) is 13.2. The number of hydrogen-bond acceptors (Lipinski definition) is 5. The van der Waals surface area contributed by atoms with Gasteiger partial charge in [0.05, 0.1) is 0 Å². The molecule has 0 saturated carbocycles. The third-order valence-electron chi connectivity index (χ3n) is 4.85. The summed E-state index contributed by atoms with van der Waals surface area (Å²) in [5.41, 5.74) is 2.19. The second-order valence-electron chi connectivity index (χ2n) is 8.73. The first-order valence-corrected chi connectivity index (χ1v) is 10.00. The summed E-state index contributed by atoms with van der Waals surface area (Å²) in [4.78, 5) is 23.7. The third-order valence-corrected chi connectivity index (χ3v) is 4.85. The number of nitrogens with one attached hydrogen (secondary N) is 2. The van der Waals surface area contributed by atoms with E-state index in [1.54, 1.807) is 13.0 Å². The maximum atomic E-state index is 12.7. The highest BCUT2D eigenvalue weighted by atomic mass is 16.1. The Morgan fingerprint density at radius 3 is 2.36 bits per heavy atom. The Hall–Kier alpha value is -2.63. The van der Waals surface area contributed by atoms with E-state index < -0.39 is 0 Å². The number of carbonyl (C=O) groups excluding carboxylic acids is 1. The molecular formula is C22H31N5O. The van der Waals surface area contributed by atoms with Crippen LogP contribution in [0, 0.1) is 12.8 Å². The van der Waals surface area contributed by atoms with E-state index in [0.29, 0.717) is 17.3 Å². The van der Waals surface area contributed by atoms with E-state index in [1.807, 2.05) is 12.1 Å². The van der Waals surface area contributed by atoms with Crippen molar-refractivity contribution in [2.45, 2.75) is 53.0 Å². The van der Waals surface area contributed by atoms with Crippen molar-refractivity contribution < 1.29 is 4.79 Å². The molecule has 0 aliphatic carbocycles. The number of amides is 1. The van der Waals surface area contributed by atoms with E-state index in [-0.39, 0.29) is 11.4 Å². The third kappa shape index (κ3) is 5.44. The minimum absolute atomic E-state index is 0.142. The minimum atomic E-state index is -0.234. The van der Waals surface area contributed by atoms with Gasteiger partial charge in [0, 0.05) is 36.1 Å². The predicted octanol–water partition coefficient (Wildman–Crippen LogP) is 4.48. The molecule has 0 spiro atoms. The fourth-order valence-electron chi connectivity index (χ4n) is 3.35. The summed E-state index contributed by atoms with van der Waals surface area (Å²) in [6.07, 6.45) is 2.47. The van der Waals surface area contributed by atoms with Crippen LogP contribution in [0.15, 0.2) is 30.3 Å². The quantitative estimate of drug-likeness (QED) is 0.817. The van der Waals surface area contributed by atoms with Crippen molar-refractivity contribution in [2.75, 3.05) is 28.6 Å². The zero-order chi connectivity index (χ0) is 20.3. The lowest BCUT2D eigenvalue weighted by Gasteiger charge is -2.32. The molecule has 6 heteroatoms. The summed E-state index contributed by atoms with van der Waals surface area (Å²) in [5, 5.41) is 6.23. The zero-order valence-corrected chi connectivity index (χ0v) is 17.5. The number of nitrogens with zero attached hydrogens (tertiary/aromatic N) is 3. The van der Waals surface area contributed by atoms with Gasteiger partial charge >= 0.3 is 0 Å². The van der Waals surface area contributed by atoms with Crippen LogP contribution in [0.4, 0.5) is 17.2 Å². The molecule has 28 heavy (non-hydrogen) atoms. The first kappa shape index (κ1) is 20.1. The van der Waals surface area contributed by atoms with Gasteiger partial charge in [-0.1, -0.05) is 6.92 Å². The van der Waals surface area contributed by atoms with Crippen molar-refractivity contribution in [1.29, 1.82) is 0 Å². The van der Waals surface area contributed by atoms with E-state index in [2.05, 4.69) is 65.3 Å². The van der Waals surface area contributed by atoms with Gasteiger partial charge in [-0.05, 0) is 70.7 Å². The standard InChI is InChI=1S/C22H31N5O/c1-15-10-12-27(13-11-15)18-8-6-17(7-9-18)25-21(28)19-14-20(24-16(2)23-19)26-22(3,4)5/h6-9,14-15H,10-13H2,1-5H3,(H,25,28)(H,23,24,26). The molecule has 2 heterocycles. The van der Waals surface area contributed by atoms with Crippen LogP contribution in [0.2, 0.25) is 0 Å². The number of anilines is 3. The lowest BCUT2D eigenvalue weighted by molar-refractivity contribution is 0.102. The van der Waals surface area contributed by atoms with Crippen LogP contribution in [0.5, 0.6) is 0 Å². The second kappa shape index (κ2) is 8.17. The Kier molecular flexibility index (Phi) is 5.87. The SMILES string of the molecule is Cc1nc(NC(C)(C)C)cc(C(=O)Nc2ccc(N3CCC(C)CC3)cc2)n1. The van der Waals surface area contributed by atoms with Crippen LogP contribution in [0.1, 0.15) is 56.8 Å². The van der Waals surface area contributed by atoms with Crippen molar-refractivity contribution in [3.8, 4) is 0 Å². The molecule has 1 saturated heterocycles. The molecule has 0 atom stereocenters. The average Bonchev–Trinajstić information content (AvgIpc) is 2.61. The van der Waals surface area contributed by atoms with Crippen molar-refractivity contribution in [3.05, 3.63) is 41.9 Å². The van der Waals surface area contributed by atoms with Crippen LogP contribution in [-0.2, 0) is 0 Å². The van der Waals surface area contributed by atoms with Crippen molar-refractivity contribution in [1.82, 2.24) is 9.97 Å². The normalized spacial score (nSPS) is 15.4. The molecule has 0 bridgehead atoms. The smallest absolute Gasteiger partial charge is 0.274 e. The number of carbonyl (C=O) groups is 1. The summed E-state index contributed by atoms with van der Waals surface area (Å²) in [7, 11) is 0. The molecule has 2 N–H and O–H groups in total. The highest BCUT2D eigenvalue weighted by Gasteiger charge is 2.17. The van der Waals surface area contributed by atoms with Gasteiger partial charge in [-0.25, -0.2) is 9.97 Å². The predicted molar refractivity (Wildman–Crippen MR) is 115 cm³/mol. The fraction of sp³-hybridized carbons (Fsp3) is 0.500. The summed E-state index contributed by atoms with van der Waals surface area (Å²) < 4.78 is 0. The Morgan fingerprint density at radius 2 is 1.75 bits per heavy atom. The molecule has 2 aromatic rings. The van der Waals surface area contributed by atoms with Gasteiger partial charge in [0.25, 0.3) is 5.91 Å². The number of aromatic nitrogens is 2. The Balaban J connectivity index is 1.67. The van der Waals surface area contributed by atoms with E-state index in [4.69, 9.17) is 0 Å². The molecule has 150 valence electrons. The van der Waals surface area contributed by atoms with Crippen LogP contribution in [-0.4, -0.2) is 34.5 Å². The molecule has 0 unspecified atom stereocenters. The molecule has 1 aliphatic rings. The zero-order valence-electron chi connectivity index (χ0n) is 17.5. The lowest BCUT2D eigenvalue weighted by Crippen LogP contribution is -2.32. The molecule has 1 aromatic heterocycles. The molecule has 1 aromatic carbocycles. The van der Waals surface area contributed by atoms with Gasteiger partial charge in [0.1, 0.15) is 17.3 Å². The monoisotopic (exact) mass is 381 g/mol. The Bertz CT molecular complexity index is 818. The summed E-state index contributed by atoms with van der Waals surface area (Å²) in [5.74, 6) is 1.79. The Labute approximate surface area is 167 Å². The highest BCUT2D eigenvalue weighted by Crippen LogP contribution is 2.24. The largest absolute Gasteiger partial charge is 0.372 e. The van der Waals surface area contributed by atoms with E-state index >= 15 is 0 Å². The number of aryl methyl sites for hydroxylation is 1. The number of hydrogen-bond donors (Lipinski definition) is 2. The molecule has 1 aliphatic heterocycles. The summed E-state index contributed by atoms with van der Waals surface area (Å²) in [6, 6.07) is 9.74. The molecule has 1 amide bonds. The number of rotatable bonds is 4. The van der Waals surface area contributed by atoms with Crippen LogP contribution in [0.3, 0.4) is 0 Å². The maximum absolute atomic E-state index is 12.7. The summed E-state index contributed by atoms with van der Waals surface area (Å²) >= 11 is 0. The first-order valence-electron chi connectivity index (χ1n) is 10.00. The van der Waals surface area contributed by atoms with Gasteiger partial charge in [-0.2, -0.15) is 0 Å². The average molecular weight is 382 g/mol. The molecule has 3 rings (SSSR count). The van der Waals surface area contributed by atoms with Gasteiger partial charge in [0.15, 0.2) is 0 Å². The number of piperidine rings is 1. The van der Waals surface area contributed by atoms with E-state index in [1.165, 1.54) is 18.5 Å². The summed E-state index contributed by atoms with van der Waals surface area (Å²) in [6.45, 7) is 12.4. The fourth-order valence-corrected chi connectivity index (χ4v) is 3.35. The van der Waals surface area contributed by atoms with E-state index in [0.717, 1.165) is 24.7 Å². The molecule has 6 nitrogen and oxygen atoms in total. The molecule has 0 radical (unpaired) electrons. The topological polar surface area (TPSA) is 70.2 Å².